The molecule has 1 unspecified atom stereocenters. The number of allylic oxidation sites excluding steroid dienone is 1. The largest absolute Gasteiger partial charge is 0.494 e. The maximum Gasteiger partial charge on any atom is 0.410 e. The number of nitrogens with two attached hydrogens (primary N) is 1. The molecule has 9 heteroatoms. The predicted molar refractivity (Wildman–Crippen MR) is 195 cm³/mol. The molecule has 1 saturated carbocycles. The van der Waals surface area contributed by atoms with Gasteiger partial charge in [-0.1, -0.05) is 96.5 Å². The van der Waals surface area contributed by atoms with Crippen LogP contribution in [0.25, 0.3) is 0 Å². The van der Waals surface area contributed by atoms with Gasteiger partial charge in [0, 0.05) is 58.5 Å². The molecule has 1 aliphatic carbocycles. The second-order valence-electron chi connectivity index (χ2n) is 11.3. The van der Waals surface area contributed by atoms with Crippen molar-refractivity contribution < 1.29 is 28.5 Å². The van der Waals surface area contributed by atoms with E-state index in [-0.39, 0.29) is 18.0 Å². The fourth-order valence-corrected chi connectivity index (χ4v) is 3.72. The van der Waals surface area contributed by atoms with Crippen LogP contribution in [0, 0.1) is 5.92 Å². The van der Waals surface area contributed by atoms with E-state index in [0.29, 0.717) is 62.8 Å². The lowest BCUT2D eigenvalue weighted by Gasteiger charge is -2.25. The van der Waals surface area contributed by atoms with Crippen LogP contribution in [0.2, 0.25) is 0 Å². The Morgan fingerprint density at radius 1 is 1.02 bits per heavy atom. The fourth-order valence-electron chi connectivity index (χ4n) is 3.72. The smallest absolute Gasteiger partial charge is 0.410 e. The van der Waals surface area contributed by atoms with Crippen molar-refractivity contribution in [3.8, 4) is 0 Å². The average Bonchev–Trinajstić information content (AvgIpc) is 3.93. The van der Waals surface area contributed by atoms with Gasteiger partial charge in [-0.2, -0.15) is 0 Å². The van der Waals surface area contributed by atoms with Gasteiger partial charge in [-0.25, -0.2) is 4.79 Å². The van der Waals surface area contributed by atoms with Gasteiger partial charge >= 0.3 is 6.09 Å². The lowest BCUT2D eigenvalue weighted by atomic mass is 10.1. The molecule has 2 N–H and O–H groups in total. The van der Waals surface area contributed by atoms with Crippen molar-refractivity contribution in [1.82, 2.24) is 9.80 Å². The molecule has 0 spiro atoms. The first-order valence-electron chi connectivity index (χ1n) is 17.2. The molecular formula is C38H67N3O6. The van der Waals surface area contributed by atoms with E-state index in [1.807, 2.05) is 62.9 Å². The molecule has 0 heterocycles. The summed E-state index contributed by atoms with van der Waals surface area (Å²) in [5.74, 6) is 0.738. The number of benzene rings is 1. The molecular weight excluding hydrogens is 594 g/mol. The molecule has 0 bridgehead atoms. The molecule has 1 aromatic carbocycles. The third-order valence-electron chi connectivity index (χ3n) is 6.79. The molecule has 0 aliphatic heterocycles. The Morgan fingerprint density at radius 2 is 1.64 bits per heavy atom. The molecule has 2 rings (SSSR count). The van der Waals surface area contributed by atoms with E-state index in [1.54, 1.807) is 44.4 Å². The van der Waals surface area contributed by atoms with Gasteiger partial charge in [0.25, 0.3) is 5.91 Å². The van der Waals surface area contributed by atoms with Crippen LogP contribution in [-0.2, 0) is 30.3 Å². The topological polar surface area (TPSA) is 104 Å². The first-order chi connectivity index (χ1) is 22.6. The second-order valence-corrected chi connectivity index (χ2v) is 11.3. The van der Waals surface area contributed by atoms with Gasteiger partial charge in [0.1, 0.15) is 12.4 Å². The zero-order valence-electron chi connectivity index (χ0n) is 31.3. The summed E-state index contributed by atoms with van der Waals surface area (Å²) in [6.07, 6.45) is 10.2. The minimum atomic E-state index is -0.205. The minimum Gasteiger partial charge on any atom is -0.494 e. The lowest BCUT2D eigenvalue weighted by Crippen LogP contribution is -2.39. The number of methoxy groups -OCH3 is 2. The first kappa shape index (κ1) is 46.0. The zero-order valence-corrected chi connectivity index (χ0v) is 31.3. The highest BCUT2D eigenvalue weighted by molar-refractivity contribution is 5.96. The van der Waals surface area contributed by atoms with E-state index >= 15 is 0 Å². The van der Waals surface area contributed by atoms with Crippen LogP contribution in [0.1, 0.15) is 86.1 Å². The third-order valence-corrected chi connectivity index (χ3v) is 6.79. The fraction of sp³-hybridized carbons (Fsp3) is 0.632. The summed E-state index contributed by atoms with van der Waals surface area (Å²) in [5.41, 5.74) is 7.27. The Hall–Kier alpha value is -3.14. The highest BCUT2D eigenvalue weighted by Gasteiger charge is 2.34. The van der Waals surface area contributed by atoms with E-state index in [4.69, 9.17) is 24.7 Å². The summed E-state index contributed by atoms with van der Waals surface area (Å²) >= 11 is 0. The van der Waals surface area contributed by atoms with Gasteiger partial charge in [-0.3, -0.25) is 4.79 Å². The van der Waals surface area contributed by atoms with Crippen molar-refractivity contribution >= 4 is 12.0 Å². The van der Waals surface area contributed by atoms with Crippen LogP contribution in [0.5, 0.6) is 0 Å². The molecule has 9 nitrogen and oxygen atoms in total. The van der Waals surface area contributed by atoms with Gasteiger partial charge in [0.05, 0.1) is 13.2 Å². The maximum atomic E-state index is 12.4. The zero-order chi connectivity index (χ0) is 36.0. The molecule has 47 heavy (non-hydrogen) atoms. The number of likely N-dealkylation sites (N-methyl/N-ethyl adjacent to an activating group) is 1. The monoisotopic (exact) mass is 662 g/mol. The van der Waals surface area contributed by atoms with E-state index in [2.05, 4.69) is 27.4 Å². The quantitative estimate of drug-likeness (QED) is 0.0742. The summed E-state index contributed by atoms with van der Waals surface area (Å²) < 4.78 is 20.8. The Morgan fingerprint density at radius 3 is 2.13 bits per heavy atom. The Balaban J connectivity index is 0. The van der Waals surface area contributed by atoms with Crippen molar-refractivity contribution in [2.45, 2.75) is 99.3 Å². The van der Waals surface area contributed by atoms with Crippen LogP contribution in [-0.4, -0.2) is 88.1 Å². The highest BCUT2D eigenvalue weighted by Crippen LogP contribution is 2.28. The van der Waals surface area contributed by atoms with Crippen molar-refractivity contribution in [1.29, 1.82) is 0 Å². The summed E-state index contributed by atoms with van der Waals surface area (Å²) in [6.45, 7) is 21.4. The van der Waals surface area contributed by atoms with Crippen molar-refractivity contribution in [2.24, 2.45) is 11.7 Å². The van der Waals surface area contributed by atoms with Gasteiger partial charge in [-0.15, -0.1) is 0 Å². The molecule has 1 aliphatic rings. The second kappa shape index (κ2) is 30.2. The van der Waals surface area contributed by atoms with E-state index in [9.17, 15) is 9.59 Å². The van der Waals surface area contributed by atoms with Crippen LogP contribution >= 0.6 is 0 Å². The van der Waals surface area contributed by atoms with Gasteiger partial charge in [0.2, 0.25) is 0 Å². The molecule has 1 fully saturated rings. The van der Waals surface area contributed by atoms with Crippen molar-refractivity contribution in [3.05, 3.63) is 72.0 Å². The Kier molecular flexibility index (Phi) is 29.6. The highest BCUT2D eigenvalue weighted by atomic mass is 16.6. The molecule has 0 aromatic heterocycles. The summed E-state index contributed by atoms with van der Waals surface area (Å²) in [5, 5.41) is 0. The van der Waals surface area contributed by atoms with Gasteiger partial charge < -0.3 is 34.5 Å². The normalized spacial score (nSPS) is 12.8. The van der Waals surface area contributed by atoms with E-state index in [1.165, 1.54) is 6.42 Å². The summed E-state index contributed by atoms with van der Waals surface area (Å²) in [4.78, 5) is 28.2. The number of ether oxygens (including phenoxy) is 4. The number of carbonyl (C=O) groups is 2. The Labute approximate surface area is 287 Å². The van der Waals surface area contributed by atoms with Gasteiger partial charge in [-0.05, 0) is 50.8 Å². The maximum absolute atomic E-state index is 12.4. The van der Waals surface area contributed by atoms with Crippen LogP contribution in [0.15, 0.2) is 66.5 Å². The number of carbonyl (C=O) groups excluding carboxylic acids is 2. The molecule has 2 amide bonds. The predicted octanol–water partition coefficient (Wildman–Crippen LogP) is 7.76. The lowest BCUT2D eigenvalue weighted by molar-refractivity contribution is -0.126. The molecule has 1 aromatic rings. The molecule has 1 atom stereocenters. The minimum absolute atomic E-state index is 0.0796. The van der Waals surface area contributed by atoms with Crippen molar-refractivity contribution in [2.75, 3.05) is 54.2 Å². The third kappa shape index (κ3) is 22.9. The number of nitrogens with zero attached hydrogens (tertiary/aromatic N) is 2. The molecule has 0 saturated heterocycles. The van der Waals surface area contributed by atoms with Crippen LogP contribution in [0.4, 0.5) is 4.79 Å². The number of hydrogen-bond acceptors (Lipinski definition) is 7. The molecule has 270 valence electrons. The SMILES string of the molecule is C=C(/C=C(\C=C/COC)C(=O)N(C)C(C)C)OCCCOC.CC.CCC.CCC(CN)CN(C(=O)OCc1ccccc1)C1CC1. The standard InChI is InChI=1S/C17H29NO4.C16H24N2O2.C3H8.C2H6/c1-14(2)18(4)17(19)16(9-7-10-20-5)13-15(3)22-12-8-11-21-6;1-2-13(10-17)11-18(15-8-9-15)16(19)20-12-14-6-4-3-5-7-14;1-3-2;1-2/h7,9,13-14H,3,8,10-12H2,1-2,4-6H3;3-7,13,15H,2,8-12,17H2,1H3;3H2,1-2H3;1-2H3/b9-7-,16-13+;;;. The number of hydrogen-bond donors (Lipinski definition) is 1. The van der Waals surface area contributed by atoms with Crippen LogP contribution in [0.3, 0.4) is 0 Å². The van der Waals surface area contributed by atoms with Gasteiger partial charge in [0.15, 0.2) is 0 Å². The van der Waals surface area contributed by atoms with E-state index in [0.717, 1.165) is 31.2 Å². The van der Waals surface area contributed by atoms with E-state index < -0.39 is 0 Å². The summed E-state index contributed by atoms with van der Waals surface area (Å²) in [7, 11) is 5.02. The first-order valence-corrected chi connectivity index (χ1v) is 17.2. The van der Waals surface area contributed by atoms with Crippen LogP contribution < -0.4 is 5.73 Å². The average molecular weight is 662 g/mol. The van der Waals surface area contributed by atoms with Crippen molar-refractivity contribution in [3.63, 3.8) is 0 Å². The number of amides is 2. The number of rotatable bonds is 18. The summed E-state index contributed by atoms with van der Waals surface area (Å²) in [6, 6.07) is 10.2. The Bertz CT molecular complexity index is 988. The molecule has 0 radical (unpaired) electrons.